The Labute approximate surface area is 149 Å². The zero-order valence-corrected chi connectivity index (χ0v) is 15.3. The largest absolute Gasteiger partial charge is 0.400 e. The molecule has 23 heavy (non-hydrogen) atoms. The summed E-state index contributed by atoms with van der Waals surface area (Å²) in [5, 5.41) is 7.00. The predicted octanol–water partition coefficient (Wildman–Crippen LogP) is 2.41. The molecule has 4 rings (SSSR count). The van der Waals surface area contributed by atoms with Crippen LogP contribution in [0, 0.1) is 0 Å². The first-order valence-corrected chi connectivity index (χ1v) is 7.82. The molecule has 0 unspecified atom stereocenters. The van der Waals surface area contributed by atoms with Gasteiger partial charge in [0.25, 0.3) is 0 Å². The number of benzene rings is 2. The second-order valence-corrected chi connectivity index (χ2v) is 5.87. The molecule has 0 aromatic heterocycles. The van der Waals surface area contributed by atoms with Gasteiger partial charge in [-0.2, -0.15) is 0 Å². The van der Waals surface area contributed by atoms with Crippen molar-refractivity contribution in [3.63, 3.8) is 0 Å². The molecule has 0 radical (unpaired) electrons. The summed E-state index contributed by atoms with van der Waals surface area (Å²) in [5.74, 6) is 0. The van der Waals surface area contributed by atoms with Gasteiger partial charge in [-0.05, 0) is 47.9 Å². The molecule has 0 heterocycles. The van der Waals surface area contributed by atoms with Crippen LogP contribution in [0.25, 0.3) is 0 Å². The van der Waals surface area contributed by atoms with Crippen LogP contribution in [0.3, 0.4) is 0 Å². The Kier molecular flexibility index (Phi) is 8.48. The Morgan fingerprint density at radius 1 is 0.652 bits per heavy atom. The molecule has 2 aliphatic carbocycles. The highest BCUT2D eigenvalue weighted by molar-refractivity contribution is 8.93. The number of nitrogens with two attached hydrogens (primary N) is 2. The van der Waals surface area contributed by atoms with E-state index in [4.69, 9.17) is 16.6 Å². The van der Waals surface area contributed by atoms with E-state index in [0.29, 0.717) is 12.1 Å². The van der Waals surface area contributed by atoms with E-state index >= 15 is 0 Å². The third-order valence-corrected chi connectivity index (χ3v) is 4.17. The summed E-state index contributed by atoms with van der Waals surface area (Å²) in [7, 11) is 1.00. The summed E-state index contributed by atoms with van der Waals surface area (Å²) in [6.07, 6.45) is 4.26. The minimum absolute atomic E-state index is 0. The van der Waals surface area contributed by atoms with Gasteiger partial charge in [0.05, 0.1) is 0 Å². The monoisotopic (exact) mass is 378 g/mol. The maximum absolute atomic E-state index is 7.00. The Hall–Kier alpha value is -1.20. The maximum atomic E-state index is 7.00. The molecule has 0 saturated carbocycles. The molecular formula is C19H27BrN2O. The van der Waals surface area contributed by atoms with Crippen LogP contribution in [0.15, 0.2) is 48.5 Å². The summed E-state index contributed by atoms with van der Waals surface area (Å²) >= 11 is 0. The number of rotatable bonds is 0. The minimum atomic E-state index is 0. The number of fused-ring (bicyclic) bond motifs is 2. The fourth-order valence-corrected chi connectivity index (χ4v) is 3.19. The van der Waals surface area contributed by atoms with Crippen molar-refractivity contribution in [3.05, 3.63) is 70.8 Å². The van der Waals surface area contributed by atoms with Crippen LogP contribution in [0.2, 0.25) is 0 Å². The van der Waals surface area contributed by atoms with E-state index in [0.717, 1.165) is 32.8 Å². The van der Waals surface area contributed by atoms with Crippen LogP contribution < -0.4 is 11.5 Å². The van der Waals surface area contributed by atoms with Crippen LogP contribution in [0.5, 0.6) is 0 Å². The van der Waals surface area contributed by atoms with Gasteiger partial charge >= 0.3 is 0 Å². The molecule has 0 amide bonds. The van der Waals surface area contributed by atoms with Gasteiger partial charge in [0.1, 0.15) is 0 Å². The lowest BCUT2D eigenvalue weighted by Gasteiger charge is -1.94. The van der Waals surface area contributed by atoms with Gasteiger partial charge in [-0.25, -0.2) is 0 Å². The fraction of sp³-hybridized carbons (Fsp3) is 0.368. The smallest absolute Gasteiger partial charge is 0.0319 e. The molecule has 0 aliphatic heterocycles. The lowest BCUT2D eigenvalue weighted by Crippen LogP contribution is -2.18. The molecule has 2 aromatic carbocycles. The molecule has 2 aromatic rings. The van der Waals surface area contributed by atoms with E-state index in [-0.39, 0.29) is 17.0 Å². The van der Waals surface area contributed by atoms with Crippen molar-refractivity contribution in [1.29, 1.82) is 0 Å². The van der Waals surface area contributed by atoms with Crippen LogP contribution in [0.1, 0.15) is 22.3 Å². The summed E-state index contributed by atoms with van der Waals surface area (Å²) in [6, 6.07) is 17.7. The molecular weight excluding hydrogens is 352 g/mol. The van der Waals surface area contributed by atoms with Gasteiger partial charge in [-0.3, -0.25) is 0 Å². The number of aliphatic hydroxyl groups is 1. The van der Waals surface area contributed by atoms with Crippen LogP contribution >= 0.6 is 17.0 Å². The average molecular weight is 379 g/mol. The summed E-state index contributed by atoms with van der Waals surface area (Å²) in [4.78, 5) is 0. The third-order valence-electron chi connectivity index (χ3n) is 4.17. The van der Waals surface area contributed by atoms with Gasteiger partial charge in [-0.1, -0.05) is 48.5 Å². The highest BCUT2D eigenvalue weighted by atomic mass is 79.9. The first-order chi connectivity index (χ1) is 10.7. The lowest BCUT2D eigenvalue weighted by atomic mass is 10.1. The molecule has 5 N–H and O–H groups in total. The molecule has 0 spiro atoms. The number of hydrogen-bond donors (Lipinski definition) is 3. The van der Waals surface area contributed by atoms with Crippen molar-refractivity contribution in [2.75, 3.05) is 7.11 Å². The van der Waals surface area contributed by atoms with E-state index in [2.05, 4.69) is 48.5 Å². The van der Waals surface area contributed by atoms with Gasteiger partial charge in [-0.15, -0.1) is 17.0 Å². The molecule has 126 valence electrons. The van der Waals surface area contributed by atoms with Crippen molar-refractivity contribution >= 4 is 17.0 Å². The number of hydrogen-bond acceptors (Lipinski definition) is 3. The first-order valence-electron chi connectivity index (χ1n) is 7.82. The quantitative estimate of drug-likeness (QED) is 0.658. The van der Waals surface area contributed by atoms with Gasteiger partial charge < -0.3 is 16.6 Å². The van der Waals surface area contributed by atoms with E-state index in [1.54, 1.807) is 0 Å². The Morgan fingerprint density at radius 3 is 1.09 bits per heavy atom. The van der Waals surface area contributed by atoms with Crippen molar-refractivity contribution < 1.29 is 5.11 Å². The molecule has 0 fully saturated rings. The zero-order valence-electron chi connectivity index (χ0n) is 13.6. The van der Waals surface area contributed by atoms with Crippen LogP contribution in [-0.2, 0) is 25.7 Å². The molecule has 0 atom stereocenters. The van der Waals surface area contributed by atoms with Crippen LogP contribution in [-0.4, -0.2) is 24.3 Å². The Balaban J connectivity index is 0.000000200. The normalized spacial score (nSPS) is 15.3. The first kappa shape index (κ1) is 19.8. The molecule has 2 aliphatic rings. The third kappa shape index (κ3) is 5.43. The van der Waals surface area contributed by atoms with Crippen molar-refractivity contribution in [1.82, 2.24) is 0 Å². The fourth-order valence-electron chi connectivity index (χ4n) is 3.19. The van der Waals surface area contributed by atoms with Crippen molar-refractivity contribution in [2.24, 2.45) is 11.5 Å². The minimum Gasteiger partial charge on any atom is -0.400 e. The van der Waals surface area contributed by atoms with E-state index in [1.807, 2.05) is 0 Å². The summed E-state index contributed by atoms with van der Waals surface area (Å²) in [6.45, 7) is 0. The van der Waals surface area contributed by atoms with Gasteiger partial charge in [0.2, 0.25) is 0 Å². The maximum Gasteiger partial charge on any atom is 0.0319 e. The lowest BCUT2D eigenvalue weighted by molar-refractivity contribution is 0.399. The second kappa shape index (κ2) is 9.83. The highest BCUT2D eigenvalue weighted by Gasteiger charge is 2.16. The average Bonchev–Trinajstić information content (AvgIpc) is 3.10. The topological polar surface area (TPSA) is 72.3 Å². The SMILES string of the molecule is Br.CO.NC1Cc2ccccc2C1.NC1Cc2ccccc2C1. The number of aliphatic hydroxyl groups excluding tert-OH is 1. The van der Waals surface area contributed by atoms with E-state index in [1.165, 1.54) is 22.3 Å². The zero-order chi connectivity index (χ0) is 15.9. The van der Waals surface area contributed by atoms with Gasteiger partial charge in [0, 0.05) is 19.2 Å². The van der Waals surface area contributed by atoms with Crippen molar-refractivity contribution in [3.8, 4) is 0 Å². The molecule has 3 nitrogen and oxygen atoms in total. The Morgan fingerprint density at radius 2 is 0.870 bits per heavy atom. The standard InChI is InChI=1S/2C9H11N.CH4O.BrH/c2*10-9-5-7-3-1-2-4-8(7)6-9;1-2;/h2*1-4,9H,5-6,10H2;2H,1H3;1H. The molecule has 4 heteroatoms. The molecule has 0 bridgehead atoms. The predicted molar refractivity (Wildman–Crippen MR) is 102 cm³/mol. The van der Waals surface area contributed by atoms with E-state index in [9.17, 15) is 0 Å². The van der Waals surface area contributed by atoms with Crippen molar-refractivity contribution in [2.45, 2.75) is 37.8 Å². The van der Waals surface area contributed by atoms with E-state index < -0.39 is 0 Å². The molecule has 0 saturated heterocycles. The highest BCUT2D eigenvalue weighted by Crippen LogP contribution is 2.20. The summed E-state index contributed by atoms with van der Waals surface area (Å²) < 4.78 is 0. The number of halogens is 1. The summed E-state index contributed by atoms with van der Waals surface area (Å²) in [5.41, 5.74) is 17.3. The second-order valence-electron chi connectivity index (χ2n) is 5.87. The Bertz CT molecular complexity index is 500. The van der Waals surface area contributed by atoms with Gasteiger partial charge in [0.15, 0.2) is 0 Å². The van der Waals surface area contributed by atoms with Crippen LogP contribution in [0.4, 0.5) is 0 Å².